The van der Waals surface area contributed by atoms with Crippen LogP contribution in [0.25, 0.3) is 10.4 Å². The van der Waals surface area contributed by atoms with Crippen LogP contribution in [0.1, 0.15) is 30.6 Å². The number of nitrogens with one attached hydrogen (secondary N) is 1. The van der Waals surface area contributed by atoms with Gasteiger partial charge in [0.1, 0.15) is 0 Å². The van der Waals surface area contributed by atoms with Crippen molar-refractivity contribution in [2.24, 2.45) is 5.92 Å². The second kappa shape index (κ2) is 7.60. The summed E-state index contributed by atoms with van der Waals surface area (Å²) >= 11 is 5.28. The van der Waals surface area contributed by atoms with E-state index in [1.165, 1.54) is 15.3 Å². The van der Waals surface area contributed by atoms with E-state index in [0.29, 0.717) is 6.04 Å². The van der Waals surface area contributed by atoms with Crippen molar-refractivity contribution in [3.63, 3.8) is 0 Å². The Balaban J connectivity index is 1.52. The molecular weight excluding hydrogens is 374 g/mol. The van der Waals surface area contributed by atoms with Gasteiger partial charge in [-0.2, -0.15) is 0 Å². The number of thiophene rings is 1. The highest BCUT2D eigenvalue weighted by Crippen LogP contribution is 2.30. The van der Waals surface area contributed by atoms with Crippen LogP contribution in [-0.2, 0) is 11.3 Å². The monoisotopic (exact) mass is 393 g/mol. The smallest absolute Gasteiger partial charge is 0.306 e. The first-order valence-electron chi connectivity index (χ1n) is 7.92. The Bertz CT molecular complexity index is 660. The minimum atomic E-state index is -0.638. The molecule has 2 N–H and O–H groups in total. The van der Waals surface area contributed by atoms with Crippen LogP contribution in [0, 0.1) is 5.92 Å². The molecule has 0 radical (unpaired) electrons. The Morgan fingerprint density at radius 2 is 1.83 bits per heavy atom. The van der Waals surface area contributed by atoms with E-state index in [1.54, 1.807) is 0 Å². The van der Waals surface area contributed by atoms with Gasteiger partial charge in [0, 0.05) is 26.8 Å². The lowest BCUT2D eigenvalue weighted by Crippen LogP contribution is -2.34. The summed E-state index contributed by atoms with van der Waals surface area (Å²) in [6, 6.07) is 13.2. The Morgan fingerprint density at radius 3 is 2.48 bits per heavy atom. The van der Waals surface area contributed by atoms with Crippen LogP contribution in [0.15, 0.2) is 40.9 Å². The second-order valence-corrected chi connectivity index (χ2v) is 8.12. The van der Waals surface area contributed by atoms with Crippen molar-refractivity contribution in [3.05, 3.63) is 45.7 Å². The molecule has 1 fully saturated rings. The average molecular weight is 394 g/mol. The number of benzene rings is 1. The quantitative estimate of drug-likeness (QED) is 0.758. The summed E-state index contributed by atoms with van der Waals surface area (Å²) in [4.78, 5) is 13.6. The third-order valence-electron chi connectivity index (χ3n) is 4.43. The molecule has 1 saturated carbocycles. The topological polar surface area (TPSA) is 49.3 Å². The fraction of sp³-hybridized carbons (Fsp3) is 0.389. The molecule has 23 heavy (non-hydrogen) atoms. The van der Waals surface area contributed by atoms with Gasteiger partial charge in [0.05, 0.1) is 5.92 Å². The fourth-order valence-corrected chi connectivity index (χ4v) is 4.26. The summed E-state index contributed by atoms with van der Waals surface area (Å²) in [5.41, 5.74) is 1.24. The number of carboxylic acid groups (broad SMARTS) is 1. The van der Waals surface area contributed by atoms with Crippen LogP contribution in [0.4, 0.5) is 0 Å². The van der Waals surface area contributed by atoms with Crippen LogP contribution in [-0.4, -0.2) is 17.1 Å². The Kier molecular flexibility index (Phi) is 5.51. The van der Waals surface area contributed by atoms with Crippen molar-refractivity contribution in [1.82, 2.24) is 5.32 Å². The first kappa shape index (κ1) is 16.7. The second-order valence-electron chi connectivity index (χ2n) is 6.04. The van der Waals surface area contributed by atoms with Gasteiger partial charge < -0.3 is 10.4 Å². The molecule has 5 heteroatoms. The van der Waals surface area contributed by atoms with Gasteiger partial charge in [-0.3, -0.25) is 4.79 Å². The molecule has 3 rings (SSSR count). The minimum Gasteiger partial charge on any atom is -0.481 e. The van der Waals surface area contributed by atoms with E-state index in [4.69, 9.17) is 5.11 Å². The maximum atomic E-state index is 11.0. The van der Waals surface area contributed by atoms with Crippen LogP contribution < -0.4 is 5.32 Å². The molecule has 0 amide bonds. The number of carboxylic acids is 1. The van der Waals surface area contributed by atoms with E-state index in [2.05, 4.69) is 57.6 Å². The van der Waals surface area contributed by atoms with E-state index in [0.717, 1.165) is 36.7 Å². The summed E-state index contributed by atoms with van der Waals surface area (Å²) in [5.74, 6) is -0.778. The molecule has 0 atom stereocenters. The third kappa shape index (κ3) is 4.43. The van der Waals surface area contributed by atoms with Gasteiger partial charge >= 0.3 is 5.97 Å². The first-order valence-corrected chi connectivity index (χ1v) is 9.53. The van der Waals surface area contributed by atoms with Crippen molar-refractivity contribution >= 4 is 33.2 Å². The predicted octanol–water partition coefficient (Wildman–Crippen LogP) is 4.91. The highest BCUT2D eigenvalue weighted by atomic mass is 79.9. The molecule has 122 valence electrons. The van der Waals surface area contributed by atoms with Crippen molar-refractivity contribution in [3.8, 4) is 10.4 Å². The molecular formula is C18H20BrNO2S. The zero-order valence-corrected chi connectivity index (χ0v) is 15.2. The number of rotatable bonds is 5. The molecule has 0 aliphatic heterocycles. The molecule has 0 bridgehead atoms. The highest BCUT2D eigenvalue weighted by molar-refractivity contribution is 9.10. The van der Waals surface area contributed by atoms with Gasteiger partial charge in [0.2, 0.25) is 0 Å². The van der Waals surface area contributed by atoms with E-state index in [9.17, 15) is 4.79 Å². The Hall–Kier alpha value is -1.17. The molecule has 1 aliphatic rings. The van der Waals surface area contributed by atoms with Gasteiger partial charge in [-0.25, -0.2) is 0 Å². The van der Waals surface area contributed by atoms with Gasteiger partial charge in [-0.05, 0) is 55.5 Å². The molecule has 1 aromatic heterocycles. The van der Waals surface area contributed by atoms with Crippen molar-refractivity contribution < 1.29 is 9.90 Å². The largest absolute Gasteiger partial charge is 0.481 e. The predicted molar refractivity (Wildman–Crippen MR) is 97.7 cm³/mol. The lowest BCUT2D eigenvalue weighted by molar-refractivity contribution is -0.142. The van der Waals surface area contributed by atoms with Crippen LogP contribution >= 0.6 is 27.3 Å². The number of carbonyl (C=O) groups is 1. The van der Waals surface area contributed by atoms with Crippen LogP contribution in [0.3, 0.4) is 0 Å². The number of aliphatic carboxylic acids is 1. The highest BCUT2D eigenvalue weighted by Gasteiger charge is 2.25. The Labute approximate surface area is 148 Å². The van der Waals surface area contributed by atoms with E-state index in [-0.39, 0.29) is 5.92 Å². The van der Waals surface area contributed by atoms with E-state index < -0.39 is 5.97 Å². The van der Waals surface area contributed by atoms with Crippen LogP contribution in [0.5, 0.6) is 0 Å². The van der Waals surface area contributed by atoms with Crippen molar-refractivity contribution in [2.45, 2.75) is 38.3 Å². The molecule has 1 aliphatic carbocycles. The standard InChI is InChI=1S/C18H20BrNO2S/c19-14-5-1-12(2-6-14)17-10-9-16(23-17)11-20-15-7-3-13(4-8-15)18(21)22/h1-2,5-6,9-10,13,15,20H,3-4,7-8,11H2,(H,21,22). The molecule has 2 aromatic rings. The SMILES string of the molecule is O=C(O)C1CCC(NCc2ccc(-c3ccc(Br)cc3)s2)CC1. The maximum Gasteiger partial charge on any atom is 0.306 e. The lowest BCUT2D eigenvalue weighted by Gasteiger charge is -2.26. The van der Waals surface area contributed by atoms with Gasteiger partial charge in [-0.1, -0.05) is 28.1 Å². The lowest BCUT2D eigenvalue weighted by atomic mass is 9.86. The number of hydrogen-bond acceptors (Lipinski definition) is 3. The molecule has 1 heterocycles. The number of hydrogen-bond donors (Lipinski definition) is 2. The summed E-state index contributed by atoms with van der Waals surface area (Å²) in [7, 11) is 0. The van der Waals surface area contributed by atoms with Crippen molar-refractivity contribution in [1.29, 1.82) is 0 Å². The average Bonchev–Trinajstić information content (AvgIpc) is 3.03. The normalized spacial score (nSPS) is 21.3. The van der Waals surface area contributed by atoms with Gasteiger partial charge in [-0.15, -0.1) is 11.3 Å². The Morgan fingerprint density at radius 1 is 1.13 bits per heavy atom. The molecule has 0 unspecified atom stereocenters. The zero-order chi connectivity index (χ0) is 16.2. The first-order chi connectivity index (χ1) is 11.1. The molecule has 0 spiro atoms. The summed E-state index contributed by atoms with van der Waals surface area (Å²) < 4.78 is 1.09. The van der Waals surface area contributed by atoms with E-state index in [1.807, 2.05) is 11.3 Å². The maximum absolute atomic E-state index is 11.0. The molecule has 1 aromatic carbocycles. The zero-order valence-electron chi connectivity index (χ0n) is 12.8. The minimum absolute atomic E-state index is 0.140. The van der Waals surface area contributed by atoms with Crippen molar-refractivity contribution in [2.75, 3.05) is 0 Å². The van der Waals surface area contributed by atoms with E-state index >= 15 is 0 Å². The summed E-state index contributed by atoms with van der Waals surface area (Å²) in [6.45, 7) is 0.865. The number of halogens is 1. The summed E-state index contributed by atoms with van der Waals surface area (Å²) in [5, 5.41) is 12.6. The van der Waals surface area contributed by atoms with Gasteiger partial charge in [0.25, 0.3) is 0 Å². The van der Waals surface area contributed by atoms with Crippen LogP contribution in [0.2, 0.25) is 0 Å². The third-order valence-corrected chi connectivity index (χ3v) is 6.09. The molecule has 0 saturated heterocycles. The fourth-order valence-electron chi connectivity index (χ4n) is 3.03. The van der Waals surface area contributed by atoms with Gasteiger partial charge in [0.15, 0.2) is 0 Å². The molecule has 3 nitrogen and oxygen atoms in total. The summed E-state index contributed by atoms with van der Waals surface area (Å²) in [6.07, 6.45) is 3.51.